The van der Waals surface area contributed by atoms with Crippen molar-refractivity contribution in [2.75, 3.05) is 25.1 Å². The topological polar surface area (TPSA) is 96.4 Å². The third-order valence-electron chi connectivity index (χ3n) is 4.61. The molecule has 1 aliphatic rings. The maximum absolute atomic E-state index is 12.4. The number of amides is 1. The molecule has 0 aliphatic carbocycles. The Morgan fingerprint density at radius 1 is 1.23 bits per heavy atom. The molecule has 138 valence electrons. The number of methoxy groups -OCH3 is 1. The van der Waals surface area contributed by atoms with Crippen LogP contribution in [0.2, 0.25) is 0 Å². The van der Waals surface area contributed by atoms with Gasteiger partial charge in [0.05, 0.1) is 12.8 Å². The highest BCUT2D eigenvalue weighted by Crippen LogP contribution is 2.29. The van der Waals surface area contributed by atoms with Gasteiger partial charge in [-0.05, 0) is 25.0 Å². The Morgan fingerprint density at radius 2 is 1.92 bits per heavy atom. The maximum Gasteiger partial charge on any atom is 0.328 e. The fourth-order valence-corrected chi connectivity index (χ4v) is 3.14. The van der Waals surface area contributed by atoms with E-state index in [0.717, 1.165) is 37.4 Å². The van der Waals surface area contributed by atoms with Gasteiger partial charge in [-0.3, -0.25) is 14.6 Å². The van der Waals surface area contributed by atoms with E-state index >= 15 is 0 Å². The number of aromatic amines is 1. The van der Waals surface area contributed by atoms with Crippen molar-refractivity contribution in [1.29, 1.82) is 0 Å². The minimum atomic E-state index is -0.669. The first-order valence-corrected chi connectivity index (χ1v) is 8.48. The van der Waals surface area contributed by atoms with E-state index in [1.165, 1.54) is 17.8 Å². The second-order valence-electron chi connectivity index (χ2n) is 6.32. The van der Waals surface area contributed by atoms with Crippen molar-refractivity contribution < 1.29 is 9.53 Å². The van der Waals surface area contributed by atoms with Gasteiger partial charge in [0.15, 0.2) is 0 Å². The van der Waals surface area contributed by atoms with Gasteiger partial charge < -0.3 is 19.5 Å². The molecular weight excluding hydrogens is 336 g/mol. The van der Waals surface area contributed by atoms with Gasteiger partial charge in [0, 0.05) is 32.4 Å². The smallest absolute Gasteiger partial charge is 0.328 e. The van der Waals surface area contributed by atoms with Crippen LogP contribution in [0, 0.1) is 0 Å². The number of nitrogens with zero attached hydrogens (tertiary/aromatic N) is 2. The van der Waals surface area contributed by atoms with Gasteiger partial charge >= 0.3 is 5.69 Å². The van der Waals surface area contributed by atoms with Gasteiger partial charge in [-0.2, -0.15) is 0 Å². The van der Waals surface area contributed by atoms with Gasteiger partial charge in [0.2, 0.25) is 0 Å². The number of H-pyrrole nitrogens is 1. The third-order valence-corrected chi connectivity index (χ3v) is 4.61. The quantitative estimate of drug-likeness (QED) is 0.829. The molecule has 0 spiro atoms. The van der Waals surface area contributed by atoms with E-state index in [-0.39, 0.29) is 11.6 Å². The lowest BCUT2D eigenvalue weighted by atomic mass is 10.0. The molecule has 0 bridgehead atoms. The highest BCUT2D eigenvalue weighted by molar-refractivity contribution is 5.93. The Hall–Kier alpha value is -3.03. The van der Waals surface area contributed by atoms with Crippen LogP contribution in [0.15, 0.2) is 40.1 Å². The van der Waals surface area contributed by atoms with Crippen molar-refractivity contribution in [2.45, 2.75) is 18.9 Å². The number of hydrogen-bond donors (Lipinski definition) is 2. The average Bonchev–Trinajstić information content (AvgIpc) is 2.65. The average molecular weight is 358 g/mol. The number of aryl methyl sites for hydroxylation is 1. The Kier molecular flexibility index (Phi) is 5.11. The third kappa shape index (κ3) is 3.63. The highest BCUT2D eigenvalue weighted by atomic mass is 16.5. The maximum atomic E-state index is 12.4. The van der Waals surface area contributed by atoms with Crippen LogP contribution in [-0.2, 0) is 7.05 Å². The zero-order valence-electron chi connectivity index (χ0n) is 14.8. The summed E-state index contributed by atoms with van der Waals surface area (Å²) in [6, 6.07) is 7.82. The Balaban J connectivity index is 1.64. The number of rotatable bonds is 4. The molecular formula is C18H22N4O4. The van der Waals surface area contributed by atoms with Crippen molar-refractivity contribution in [3.63, 3.8) is 0 Å². The molecule has 1 fully saturated rings. The minimum Gasteiger partial charge on any atom is -0.495 e. The van der Waals surface area contributed by atoms with E-state index in [4.69, 9.17) is 4.74 Å². The van der Waals surface area contributed by atoms with Gasteiger partial charge in [-0.1, -0.05) is 12.1 Å². The lowest BCUT2D eigenvalue weighted by Crippen LogP contribution is -2.46. The molecule has 1 saturated heterocycles. The lowest BCUT2D eigenvalue weighted by Gasteiger charge is -2.34. The molecule has 3 rings (SSSR count). The van der Waals surface area contributed by atoms with Crippen LogP contribution in [-0.4, -0.2) is 41.7 Å². The summed E-state index contributed by atoms with van der Waals surface area (Å²) in [5.74, 6) is 0.365. The number of hydrogen-bond acceptors (Lipinski definition) is 5. The van der Waals surface area contributed by atoms with Gasteiger partial charge in [0.25, 0.3) is 11.5 Å². The molecule has 0 unspecified atom stereocenters. The van der Waals surface area contributed by atoms with Crippen molar-refractivity contribution in [3.05, 3.63) is 56.9 Å². The summed E-state index contributed by atoms with van der Waals surface area (Å²) in [4.78, 5) is 39.9. The van der Waals surface area contributed by atoms with E-state index in [1.807, 2.05) is 24.3 Å². The van der Waals surface area contributed by atoms with Crippen molar-refractivity contribution in [3.8, 4) is 5.75 Å². The Labute approximate surface area is 150 Å². The van der Waals surface area contributed by atoms with E-state index in [2.05, 4.69) is 15.2 Å². The summed E-state index contributed by atoms with van der Waals surface area (Å²) >= 11 is 0. The largest absolute Gasteiger partial charge is 0.495 e. The molecule has 2 heterocycles. The Bertz CT molecular complexity index is 910. The summed E-state index contributed by atoms with van der Waals surface area (Å²) in [6.45, 7) is 1.55. The predicted molar refractivity (Wildman–Crippen MR) is 98.0 cm³/mol. The molecule has 8 nitrogen and oxygen atoms in total. The molecule has 2 aromatic rings. The van der Waals surface area contributed by atoms with E-state index < -0.39 is 17.2 Å². The number of anilines is 1. The van der Waals surface area contributed by atoms with Crippen molar-refractivity contribution in [2.24, 2.45) is 7.05 Å². The predicted octanol–water partition coefficient (Wildman–Crippen LogP) is 0.481. The molecule has 1 aromatic carbocycles. The number of ether oxygens (including phenoxy) is 1. The minimum absolute atomic E-state index is 0.0231. The number of nitrogens with one attached hydrogen (secondary N) is 2. The summed E-state index contributed by atoms with van der Waals surface area (Å²) < 4.78 is 6.59. The SMILES string of the molecule is COc1ccccc1N1CCC(NC(=O)c2cn(C)c(=O)[nH]c2=O)CC1. The fourth-order valence-electron chi connectivity index (χ4n) is 3.14. The summed E-state index contributed by atoms with van der Waals surface area (Å²) in [5.41, 5.74) is -0.234. The van der Waals surface area contributed by atoms with Gasteiger partial charge in [0.1, 0.15) is 11.3 Å². The number of aromatic nitrogens is 2. The molecule has 0 radical (unpaired) electrons. The molecule has 0 saturated carbocycles. The summed E-state index contributed by atoms with van der Waals surface area (Å²) in [6.07, 6.45) is 2.78. The highest BCUT2D eigenvalue weighted by Gasteiger charge is 2.24. The zero-order chi connectivity index (χ0) is 18.7. The molecule has 1 aliphatic heterocycles. The van der Waals surface area contributed by atoms with Gasteiger partial charge in [-0.15, -0.1) is 0 Å². The molecule has 8 heteroatoms. The second kappa shape index (κ2) is 7.47. The monoisotopic (exact) mass is 358 g/mol. The first-order valence-electron chi connectivity index (χ1n) is 8.48. The van der Waals surface area contributed by atoms with Crippen LogP contribution in [0.4, 0.5) is 5.69 Å². The fraction of sp³-hybridized carbons (Fsp3) is 0.389. The molecule has 26 heavy (non-hydrogen) atoms. The number of carbonyl (C=O) groups is 1. The van der Waals surface area contributed by atoms with Crippen LogP contribution < -0.4 is 26.2 Å². The molecule has 2 N–H and O–H groups in total. The molecule has 0 atom stereocenters. The number of para-hydroxylation sites is 2. The van der Waals surface area contributed by atoms with Crippen LogP contribution in [0.25, 0.3) is 0 Å². The molecule has 1 aromatic heterocycles. The van der Waals surface area contributed by atoms with Gasteiger partial charge in [-0.25, -0.2) is 4.79 Å². The second-order valence-corrected chi connectivity index (χ2v) is 6.32. The van der Waals surface area contributed by atoms with Crippen molar-refractivity contribution >= 4 is 11.6 Å². The normalized spacial score (nSPS) is 14.9. The number of carbonyl (C=O) groups excluding carboxylic acids is 1. The Morgan fingerprint density at radius 3 is 2.62 bits per heavy atom. The molecule has 1 amide bonds. The number of piperidine rings is 1. The van der Waals surface area contributed by atoms with Crippen molar-refractivity contribution in [1.82, 2.24) is 14.9 Å². The first-order chi connectivity index (χ1) is 12.5. The van der Waals surface area contributed by atoms with E-state index in [1.54, 1.807) is 7.11 Å². The van der Waals surface area contributed by atoms with E-state index in [9.17, 15) is 14.4 Å². The van der Waals surface area contributed by atoms with E-state index in [0.29, 0.717) is 0 Å². The van der Waals surface area contributed by atoms with Crippen LogP contribution in [0.1, 0.15) is 23.2 Å². The van der Waals surface area contributed by atoms with Crippen LogP contribution in [0.5, 0.6) is 5.75 Å². The van der Waals surface area contributed by atoms with Crippen LogP contribution >= 0.6 is 0 Å². The summed E-state index contributed by atoms with van der Waals surface area (Å²) in [7, 11) is 3.14. The number of benzene rings is 1. The standard InChI is InChI=1S/C18H22N4O4/c1-21-11-13(17(24)20-18(21)25)16(23)19-12-7-9-22(10-8-12)14-5-3-4-6-15(14)26-2/h3-6,11-12H,7-10H2,1-2H3,(H,19,23)(H,20,24,25). The lowest BCUT2D eigenvalue weighted by molar-refractivity contribution is 0.0928. The zero-order valence-corrected chi connectivity index (χ0v) is 14.8. The first kappa shape index (κ1) is 17.8. The van der Waals surface area contributed by atoms with Crippen LogP contribution in [0.3, 0.4) is 0 Å². The summed E-state index contributed by atoms with van der Waals surface area (Å²) in [5, 5.41) is 2.89.